The highest BCUT2D eigenvalue weighted by molar-refractivity contribution is 5.85. The minimum absolute atomic E-state index is 0.151. The summed E-state index contributed by atoms with van der Waals surface area (Å²) in [6, 6.07) is 8.84. The molecule has 2 aliphatic heterocycles. The molecule has 0 amide bonds. The van der Waals surface area contributed by atoms with E-state index in [1.54, 1.807) is 12.3 Å². The average Bonchev–Trinajstić information content (AvgIpc) is 2.84. The lowest BCUT2D eigenvalue weighted by atomic mass is 9.89. The molecule has 2 aliphatic rings. The monoisotopic (exact) mass is 368 g/mol. The zero-order valence-corrected chi connectivity index (χ0v) is 14.9. The third kappa shape index (κ3) is 3.57. The van der Waals surface area contributed by atoms with Crippen LogP contribution in [0.25, 0.3) is 5.57 Å². The molecule has 2 aromatic rings. The number of piperidine rings is 1. The smallest absolute Gasteiger partial charge is 0.304 e. The SMILES string of the molecule is O=C(O)CCN1CCC(=C2c3cccc(F)c3OCc3cccnc32)CC1. The molecule has 0 unspecified atom stereocenters. The highest BCUT2D eigenvalue weighted by Crippen LogP contribution is 2.41. The molecule has 1 N–H and O–H groups in total. The number of aliphatic carboxylic acids is 1. The van der Waals surface area contributed by atoms with Crippen LogP contribution in [0, 0.1) is 5.82 Å². The number of carboxylic acids is 1. The Bertz CT molecular complexity index is 900. The second-order valence-electron chi connectivity index (χ2n) is 6.88. The number of carbonyl (C=O) groups is 1. The number of aromatic nitrogens is 1. The van der Waals surface area contributed by atoms with Gasteiger partial charge in [0.15, 0.2) is 11.6 Å². The van der Waals surface area contributed by atoms with Crippen molar-refractivity contribution in [1.82, 2.24) is 9.88 Å². The Morgan fingerprint density at radius 3 is 2.81 bits per heavy atom. The third-order valence-corrected chi connectivity index (χ3v) is 5.19. The van der Waals surface area contributed by atoms with Crippen LogP contribution in [0.5, 0.6) is 5.75 Å². The molecule has 1 aromatic heterocycles. The first-order valence-corrected chi connectivity index (χ1v) is 9.15. The van der Waals surface area contributed by atoms with Crippen molar-refractivity contribution in [3.8, 4) is 5.75 Å². The van der Waals surface area contributed by atoms with Crippen molar-refractivity contribution in [2.75, 3.05) is 19.6 Å². The van der Waals surface area contributed by atoms with E-state index in [9.17, 15) is 9.18 Å². The van der Waals surface area contributed by atoms with E-state index in [0.717, 1.165) is 48.3 Å². The average molecular weight is 368 g/mol. The molecule has 0 aliphatic carbocycles. The Labute approximate surface area is 157 Å². The van der Waals surface area contributed by atoms with Crippen molar-refractivity contribution in [3.05, 3.63) is 64.7 Å². The maximum absolute atomic E-state index is 14.4. The van der Waals surface area contributed by atoms with Gasteiger partial charge in [-0.05, 0) is 25.0 Å². The molecular weight excluding hydrogens is 347 g/mol. The van der Waals surface area contributed by atoms with Gasteiger partial charge in [0.25, 0.3) is 0 Å². The predicted molar refractivity (Wildman–Crippen MR) is 98.9 cm³/mol. The summed E-state index contributed by atoms with van der Waals surface area (Å²) in [4.78, 5) is 17.6. The van der Waals surface area contributed by atoms with Crippen LogP contribution in [0.3, 0.4) is 0 Å². The Hall–Kier alpha value is -2.73. The Kier molecular flexibility index (Phi) is 4.90. The molecule has 6 heteroatoms. The molecule has 0 spiro atoms. The van der Waals surface area contributed by atoms with Gasteiger partial charge in [-0.15, -0.1) is 0 Å². The topological polar surface area (TPSA) is 62.7 Å². The molecule has 1 aromatic carbocycles. The van der Waals surface area contributed by atoms with Crippen LogP contribution in [0.4, 0.5) is 4.39 Å². The zero-order valence-electron chi connectivity index (χ0n) is 14.9. The second kappa shape index (κ2) is 7.48. The fourth-order valence-electron chi connectivity index (χ4n) is 3.82. The molecular formula is C21H21FN2O3. The maximum atomic E-state index is 14.4. The lowest BCUT2D eigenvalue weighted by Crippen LogP contribution is -2.33. The van der Waals surface area contributed by atoms with Crippen molar-refractivity contribution in [3.63, 3.8) is 0 Å². The number of hydrogen-bond donors (Lipinski definition) is 1. The maximum Gasteiger partial charge on any atom is 0.304 e. The number of halogens is 1. The van der Waals surface area contributed by atoms with Gasteiger partial charge >= 0.3 is 5.97 Å². The standard InChI is InChI=1S/C21H21FN2O3/c22-17-5-1-4-16-19(14-6-10-24(11-7-14)12-8-18(25)26)20-15(3-2-9-23-20)13-27-21(16)17/h1-5,9H,6-8,10-13H2,(H,25,26). The van der Waals surface area contributed by atoms with E-state index in [2.05, 4.69) is 9.88 Å². The summed E-state index contributed by atoms with van der Waals surface area (Å²) in [5.74, 6) is -0.855. The van der Waals surface area contributed by atoms with Crippen molar-refractivity contribution in [1.29, 1.82) is 0 Å². The molecule has 3 heterocycles. The quantitative estimate of drug-likeness (QED) is 0.899. The van der Waals surface area contributed by atoms with Crippen LogP contribution in [0.1, 0.15) is 36.1 Å². The van der Waals surface area contributed by atoms with E-state index in [1.807, 2.05) is 18.2 Å². The highest BCUT2D eigenvalue weighted by atomic mass is 19.1. The summed E-state index contributed by atoms with van der Waals surface area (Å²) in [6.07, 6.45) is 3.52. The molecule has 0 bridgehead atoms. The van der Waals surface area contributed by atoms with Crippen molar-refractivity contribution < 1.29 is 19.0 Å². The zero-order chi connectivity index (χ0) is 18.8. The van der Waals surface area contributed by atoms with Gasteiger partial charge in [0.2, 0.25) is 0 Å². The van der Waals surface area contributed by atoms with Crippen LogP contribution < -0.4 is 4.74 Å². The van der Waals surface area contributed by atoms with Crippen molar-refractivity contribution in [2.24, 2.45) is 0 Å². The summed E-state index contributed by atoms with van der Waals surface area (Å²) in [5.41, 5.74) is 4.75. The van der Waals surface area contributed by atoms with Crippen molar-refractivity contribution in [2.45, 2.75) is 25.9 Å². The van der Waals surface area contributed by atoms with E-state index >= 15 is 0 Å². The van der Waals surface area contributed by atoms with E-state index < -0.39 is 5.97 Å². The summed E-state index contributed by atoms with van der Waals surface area (Å²) >= 11 is 0. The minimum Gasteiger partial charge on any atom is -0.485 e. The summed E-state index contributed by atoms with van der Waals surface area (Å²) in [6.45, 7) is 2.43. The van der Waals surface area contributed by atoms with E-state index in [1.165, 1.54) is 11.6 Å². The van der Waals surface area contributed by atoms with Gasteiger partial charge in [0.05, 0.1) is 12.1 Å². The number of benzene rings is 1. The lowest BCUT2D eigenvalue weighted by molar-refractivity contribution is -0.137. The molecule has 0 atom stereocenters. The number of rotatable bonds is 3. The van der Waals surface area contributed by atoms with Gasteiger partial charge in [-0.2, -0.15) is 0 Å². The van der Waals surface area contributed by atoms with Gasteiger partial charge in [-0.25, -0.2) is 4.39 Å². The summed E-state index contributed by atoms with van der Waals surface area (Å²) < 4.78 is 20.2. The van der Waals surface area contributed by atoms with E-state index in [4.69, 9.17) is 9.84 Å². The lowest BCUT2D eigenvalue weighted by Gasteiger charge is -2.29. The van der Waals surface area contributed by atoms with E-state index in [-0.39, 0.29) is 18.0 Å². The van der Waals surface area contributed by atoms with Crippen LogP contribution in [0.2, 0.25) is 0 Å². The summed E-state index contributed by atoms with van der Waals surface area (Å²) in [5, 5.41) is 8.88. The molecule has 27 heavy (non-hydrogen) atoms. The normalized spacial score (nSPS) is 16.9. The second-order valence-corrected chi connectivity index (χ2v) is 6.88. The molecule has 1 saturated heterocycles. The Morgan fingerprint density at radius 2 is 2.04 bits per heavy atom. The fraction of sp³-hybridized carbons (Fsp3) is 0.333. The minimum atomic E-state index is -0.775. The number of carboxylic acid groups (broad SMARTS) is 1. The number of hydrogen-bond acceptors (Lipinski definition) is 4. The number of para-hydroxylation sites is 1. The van der Waals surface area contributed by atoms with Gasteiger partial charge < -0.3 is 14.7 Å². The van der Waals surface area contributed by atoms with Gasteiger partial charge in [0.1, 0.15) is 6.61 Å². The largest absolute Gasteiger partial charge is 0.485 e. The molecule has 4 rings (SSSR count). The van der Waals surface area contributed by atoms with Crippen LogP contribution in [-0.2, 0) is 11.4 Å². The molecule has 0 radical (unpaired) electrons. The summed E-state index contributed by atoms with van der Waals surface area (Å²) in [7, 11) is 0. The van der Waals surface area contributed by atoms with Gasteiger partial charge in [-0.3, -0.25) is 9.78 Å². The number of pyridine rings is 1. The predicted octanol–water partition coefficient (Wildman–Crippen LogP) is 3.49. The van der Waals surface area contributed by atoms with Crippen molar-refractivity contribution >= 4 is 11.5 Å². The molecule has 1 fully saturated rings. The fourth-order valence-corrected chi connectivity index (χ4v) is 3.82. The van der Waals surface area contributed by atoms with Crippen LogP contribution >= 0.6 is 0 Å². The van der Waals surface area contributed by atoms with Gasteiger partial charge in [0, 0.05) is 42.5 Å². The Balaban J connectivity index is 1.73. The number of ether oxygens (including phenoxy) is 1. The number of likely N-dealkylation sites (tertiary alicyclic amines) is 1. The van der Waals surface area contributed by atoms with Crippen LogP contribution in [0.15, 0.2) is 42.1 Å². The third-order valence-electron chi connectivity index (χ3n) is 5.19. The molecule has 5 nitrogen and oxygen atoms in total. The first kappa shape index (κ1) is 17.7. The van der Waals surface area contributed by atoms with E-state index in [0.29, 0.717) is 13.2 Å². The first-order valence-electron chi connectivity index (χ1n) is 9.15. The van der Waals surface area contributed by atoms with Gasteiger partial charge in [-0.1, -0.05) is 23.8 Å². The molecule has 0 saturated carbocycles. The highest BCUT2D eigenvalue weighted by Gasteiger charge is 2.27. The van der Waals surface area contributed by atoms with Crippen LogP contribution in [-0.4, -0.2) is 40.6 Å². The number of nitrogens with zero attached hydrogens (tertiary/aromatic N) is 2. The molecule has 140 valence electrons. The first-order chi connectivity index (χ1) is 13.1. The Morgan fingerprint density at radius 1 is 1.22 bits per heavy atom. The number of fused-ring (bicyclic) bond motifs is 2.